The predicted molar refractivity (Wildman–Crippen MR) is 52.4 cm³/mol. The maximum Gasteiger partial charge on any atom is 0.416 e. The second-order valence-corrected chi connectivity index (χ2v) is 3.62. The van der Waals surface area contributed by atoms with E-state index in [-0.39, 0.29) is 10.6 Å². The molecule has 0 unspecified atom stereocenters. The van der Waals surface area contributed by atoms with E-state index in [0.29, 0.717) is 5.56 Å². The summed E-state index contributed by atoms with van der Waals surface area (Å²) >= 11 is 2.96. The highest BCUT2D eigenvalue weighted by Gasteiger charge is 2.30. The molecule has 0 N–H and O–H groups in total. The summed E-state index contributed by atoms with van der Waals surface area (Å²) in [6, 6.07) is 4.53. The number of alkyl halides is 3. The highest BCUT2D eigenvalue weighted by atomic mass is 79.9. The number of nitrogens with zero attached hydrogens (tertiary/aromatic N) is 2. The molecule has 0 fully saturated rings. The van der Waals surface area contributed by atoms with Gasteiger partial charge in [-0.1, -0.05) is 17.3 Å². The van der Waals surface area contributed by atoms with Crippen LogP contribution in [-0.2, 0) is 6.18 Å². The molecule has 16 heavy (non-hydrogen) atoms. The molecule has 0 aliphatic carbocycles. The van der Waals surface area contributed by atoms with Crippen molar-refractivity contribution >= 4 is 15.9 Å². The molecule has 1 aromatic heterocycles. The number of hydrogen-bond acceptors (Lipinski definition) is 3. The molecule has 2 rings (SSSR count). The minimum atomic E-state index is -4.34. The fourth-order valence-electron chi connectivity index (χ4n) is 1.13. The molecule has 0 saturated carbocycles. The summed E-state index contributed by atoms with van der Waals surface area (Å²) in [5.74, 6) is 0.237. The lowest BCUT2D eigenvalue weighted by molar-refractivity contribution is -0.137. The lowest BCUT2D eigenvalue weighted by atomic mass is 10.1. The van der Waals surface area contributed by atoms with Gasteiger partial charge in [-0.2, -0.15) is 18.2 Å². The van der Waals surface area contributed by atoms with Crippen molar-refractivity contribution in [3.63, 3.8) is 0 Å². The second-order valence-electron chi connectivity index (χ2n) is 2.95. The van der Waals surface area contributed by atoms with Crippen LogP contribution < -0.4 is 0 Å². The Morgan fingerprint density at radius 1 is 1.12 bits per heavy atom. The van der Waals surface area contributed by atoms with Gasteiger partial charge in [0.25, 0.3) is 4.80 Å². The van der Waals surface area contributed by atoms with E-state index in [1.54, 1.807) is 0 Å². The third-order valence-electron chi connectivity index (χ3n) is 1.87. The highest BCUT2D eigenvalue weighted by Crippen LogP contribution is 2.30. The third-order valence-corrected chi connectivity index (χ3v) is 2.19. The minimum Gasteiger partial charge on any atom is -0.326 e. The Balaban J connectivity index is 2.33. The number of halogens is 4. The summed E-state index contributed by atoms with van der Waals surface area (Å²) in [5, 5.41) is 3.56. The van der Waals surface area contributed by atoms with Gasteiger partial charge in [0.15, 0.2) is 0 Å². The van der Waals surface area contributed by atoms with Crippen molar-refractivity contribution in [3.05, 3.63) is 34.6 Å². The molecule has 0 amide bonds. The normalized spacial score (nSPS) is 11.8. The van der Waals surface area contributed by atoms with Crippen molar-refractivity contribution in [2.24, 2.45) is 0 Å². The van der Waals surface area contributed by atoms with Crippen molar-refractivity contribution in [3.8, 4) is 11.4 Å². The van der Waals surface area contributed by atoms with Crippen LogP contribution >= 0.6 is 15.9 Å². The van der Waals surface area contributed by atoms with Gasteiger partial charge in [0.05, 0.1) is 5.56 Å². The van der Waals surface area contributed by atoms with E-state index in [9.17, 15) is 13.2 Å². The standard InChI is InChI=1S/C9H4BrF3N2O/c10-8-14-7(15-16-8)5-1-3-6(4-2-5)9(11,12)13/h1-4H. The van der Waals surface area contributed by atoms with Crippen LogP contribution in [0.15, 0.2) is 33.6 Å². The molecule has 0 spiro atoms. The lowest BCUT2D eigenvalue weighted by Crippen LogP contribution is -2.04. The first kappa shape index (κ1) is 11.1. The van der Waals surface area contributed by atoms with Crippen molar-refractivity contribution < 1.29 is 17.7 Å². The van der Waals surface area contributed by atoms with Gasteiger partial charge in [0, 0.05) is 21.5 Å². The van der Waals surface area contributed by atoms with E-state index < -0.39 is 11.7 Å². The van der Waals surface area contributed by atoms with Crippen LogP contribution in [0.4, 0.5) is 13.2 Å². The quantitative estimate of drug-likeness (QED) is 0.807. The lowest BCUT2D eigenvalue weighted by Gasteiger charge is -2.05. The van der Waals surface area contributed by atoms with Gasteiger partial charge in [-0.05, 0) is 12.1 Å². The average molecular weight is 293 g/mol. The summed E-state index contributed by atoms with van der Waals surface area (Å²) in [6.45, 7) is 0. The molecule has 1 heterocycles. The number of hydrogen-bond donors (Lipinski definition) is 0. The fraction of sp³-hybridized carbons (Fsp3) is 0.111. The smallest absolute Gasteiger partial charge is 0.326 e. The van der Waals surface area contributed by atoms with E-state index in [2.05, 4.69) is 30.6 Å². The SMILES string of the molecule is FC(F)(F)c1ccc(-c2noc(Br)n2)cc1. The van der Waals surface area contributed by atoms with Crippen LogP contribution in [0.5, 0.6) is 0 Å². The third kappa shape index (κ3) is 2.24. The fourth-order valence-corrected chi connectivity index (χ4v) is 1.37. The highest BCUT2D eigenvalue weighted by molar-refractivity contribution is 9.10. The zero-order valence-corrected chi connectivity index (χ0v) is 9.21. The summed E-state index contributed by atoms with van der Waals surface area (Å²) in [6.07, 6.45) is -4.34. The van der Waals surface area contributed by atoms with Crippen molar-refractivity contribution in [2.75, 3.05) is 0 Å². The van der Waals surface area contributed by atoms with Crippen molar-refractivity contribution in [1.29, 1.82) is 0 Å². The molecule has 0 aliphatic rings. The molecule has 84 valence electrons. The Morgan fingerprint density at radius 2 is 1.75 bits per heavy atom. The molecule has 0 bridgehead atoms. The van der Waals surface area contributed by atoms with E-state index in [1.165, 1.54) is 12.1 Å². The Labute approximate surface area is 96.4 Å². The molecule has 1 aromatic carbocycles. The first-order chi connectivity index (χ1) is 7.47. The molecule has 0 saturated heterocycles. The first-order valence-electron chi connectivity index (χ1n) is 4.13. The van der Waals surface area contributed by atoms with Crippen LogP contribution in [-0.4, -0.2) is 10.1 Å². The van der Waals surface area contributed by atoms with Gasteiger partial charge in [0.1, 0.15) is 0 Å². The summed E-state index contributed by atoms with van der Waals surface area (Å²) in [5.41, 5.74) is -0.249. The Morgan fingerprint density at radius 3 is 2.19 bits per heavy atom. The van der Waals surface area contributed by atoms with Crippen LogP contribution in [0.3, 0.4) is 0 Å². The molecule has 0 atom stereocenters. The Hall–Kier alpha value is -1.37. The monoisotopic (exact) mass is 292 g/mol. The van der Waals surface area contributed by atoms with E-state index in [1.807, 2.05) is 0 Å². The van der Waals surface area contributed by atoms with Gasteiger partial charge in [-0.15, -0.1) is 0 Å². The largest absolute Gasteiger partial charge is 0.416 e. The topological polar surface area (TPSA) is 38.9 Å². The van der Waals surface area contributed by atoms with Crippen LogP contribution in [0.1, 0.15) is 5.56 Å². The van der Waals surface area contributed by atoms with Crippen molar-refractivity contribution in [1.82, 2.24) is 10.1 Å². The van der Waals surface area contributed by atoms with Gasteiger partial charge >= 0.3 is 6.18 Å². The van der Waals surface area contributed by atoms with E-state index in [4.69, 9.17) is 0 Å². The van der Waals surface area contributed by atoms with Gasteiger partial charge in [-0.3, -0.25) is 0 Å². The second kappa shape index (κ2) is 3.89. The molecule has 0 aliphatic heterocycles. The maximum absolute atomic E-state index is 12.3. The summed E-state index contributed by atoms with van der Waals surface area (Å²) in [7, 11) is 0. The molecule has 3 nitrogen and oxygen atoms in total. The average Bonchev–Trinajstić information content (AvgIpc) is 2.64. The molecular formula is C9H4BrF3N2O. The molecule has 2 aromatic rings. The first-order valence-corrected chi connectivity index (χ1v) is 4.93. The Bertz CT molecular complexity index is 492. The molecular weight excluding hydrogens is 289 g/mol. The minimum absolute atomic E-state index is 0.183. The van der Waals surface area contributed by atoms with Crippen LogP contribution in [0.2, 0.25) is 0 Å². The van der Waals surface area contributed by atoms with Gasteiger partial charge < -0.3 is 4.52 Å². The van der Waals surface area contributed by atoms with Gasteiger partial charge in [0.2, 0.25) is 5.82 Å². The van der Waals surface area contributed by atoms with E-state index >= 15 is 0 Å². The van der Waals surface area contributed by atoms with E-state index in [0.717, 1.165) is 12.1 Å². The molecule has 0 radical (unpaired) electrons. The zero-order chi connectivity index (χ0) is 11.8. The predicted octanol–water partition coefficient (Wildman–Crippen LogP) is 3.52. The number of aromatic nitrogens is 2. The Kier molecular flexibility index (Phi) is 2.71. The summed E-state index contributed by atoms with van der Waals surface area (Å²) < 4.78 is 41.5. The maximum atomic E-state index is 12.3. The van der Waals surface area contributed by atoms with Crippen LogP contribution in [0.25, 0.3) is 11.4 Å². The number of benzene rings is 1. The van der Waals surface area contributed by atoms with Crippen LogP contribution in [0, 0.1) is 0 Å². The van der Waals surface area contributed by atoms with Gasteiger partial charge in [-0.25, -0.2) is 0 Å². The summed E-state index contributed by atoms with van der Waals surface area (Å²) in [4.78, 5) is 4.01. The molecule has 7 heteroatoms. The zero-order valence-electron chi connectivity index (χ0n) is 7.62. The van der Waals surface area contributed by atoms with Crippen molar-refractivity contribution in [2.45, 2.75) is 6.18 Å². The number of rotatable bonds is 1.